The molecule has 1 aliphatic heterocycles. The number of halogens is 1. The standard InChI is InChI=1S/C19H29N7O.HI/c1-20-19(22-13-18-24-23-14-25(18)2)21-12-17(26-9-4-5-10-26)15-7-6-8-16(11-15)27-3;/h6-8,11,14,17H,4-5,9-10,12-13H2,1-3H3,(H2,20,21,22);1H. The van der Waals surface area contributed by atoms with Crippen molar-refractivity contribution in [3.63, 3.8) is 0 Å². The summed E-state index contributed by atoms with van der Waals surface area (Å²) >= 11 is 0. The molecule has 1 aromatic heterocycles. The van der Waals surface area contributed by atoms with Crippen molar-refractivity contribution in [3.05, 3.63) is 42.0 Å². The second-order valence-electron chi connectivity index (χ2n) is 6.70. The number of methoxy groups -OCH3 is 1. The summed E-state index contributed by atoms with van der Waals surface area (Å²) in [6, 6.07) is 8.61. The van der Waals surface area contributed by atoms with E-state index in [4.69, 9.17) is 4.74 Å². The van der Waals surface area contributed by atoms with E-state index in [-0.39, 0.29) is 30.0 Å². The molecule has 154 valence electrons. The van der Waals surface area contributed by atoms with Crippen LogP contribution in [0.5, 0.6) is 5.75 Å². The molecule has 0 saturated carbocycles. The third kappa shape index (κ3) is 5.81. The van der Waals surface area contributed by atoms with Gasteiger partial charge >= 0.3 is 0 Å². The van der Waals surface area contributed by atoms with Crippen molar-refractivity contribution in [2.24, 2.45) is 12.0 Å². The lowest BCUT2D eigenvalue weighted by molar-refractivity contribution is 0.245. The van der Waals surface area contributed by atoms with Crippen LogP contribution in [0.3, 0.4) is 0 Å². The highest BCUT2D eigenvalue weighted by Gasteiger charge is 2.24. The number of aryl methyl sites for hydroxylation is 1. The SMILES string of the molecule is CN=C(NCc1nncn1C)NCC(c1cccc(OC)c1)N1CCCC1.I. The molecular weight excluding hydrogens is 469 g/mol. The van der Waals surface area contributed by atoms with Gasteiger partial charge in [-0.15, -0.1) is 34.2 Å². The van der Waals surface area contributed by atoms with Gasteiger partial charge in [-0.05, 0) is 43.6 Å². The summed E-state index contributed by atoms with van der Waals surface area (Å²) in [6.45, 7) is 3.58. The molecule has 0 bridgehead atoms. The monoisotopic (exact) mass is 499 g/mol. The highest BCUT2D eigenvalue weighted by atomic mass is 127. The van der Waals surface area contributed by atoms with Crippen molar-refractivity contribution >= 4 is 29.9 Å². The first kappa shape index (κ1) is 22.4. The van der Waals surface area contributed by atoms with Gasteiger partial charge in [-0.25, -0.2) is 0 Å². The minimum Gasteiger partial charge on any atom is -0.497 e. The molecule has 1 aromatic carbocycles. The quantitative estimate of drug-likeness (QED) is 0.345. The third-order valence-electron chi connectivity index (χ3n) is 4.97. The number of guanidine groups is 1. The number of hydrogen-bond donors (Lipinski definition) is 2. The molecule has 0 spiro atoms. The van der Waals surface area contributed by atoms with Crippen molar-refractivity contribution < 1.29 is 4.74 Å². The molecule has 1 fully saturated rings. The summed E-state index contributed by atoms with van der Waals surface area (Å²) < 4.78 is 7.31. The van der Waals surface area contributed by atoms with E-state index in [1.54, 1.807) is 20.5 Å². The van der Waals surface area contributed by atoms with Crippen molar-refractivity contribution in [1.29, 1.82) is 0 Å². The lowest BCUT2D eigenvalue weighted by Crippen LogP contribution is -2.42. The summed E-state index contributed by atoms with van der Waals surface area (Å²) in [7, 11) is 5.42. The largest absolute Gasteiger partial charge is 0.497 e. The molecule has 2 N–H and O–H groups in total. The molecule has 3 rings (SSSR count). The summed E-state index contributed by atoms with van der Waals surface area (Å²) in [6.07, 6.45) is 4.19. The van der Waals surface area contributed by atoms with E-state index in [1.807, 2.05) is 17.7 Å². The van der Waals surface area contributed by atoms with Crippen LogP contribution in [0.1, 0.15) is 30.3 Å². The van der Waals surface area contributed by atoms with Gasteiger partial charge in [0, 0.05) is 20.6 Å². The van der Waals surface area contributed by atoms with Crippen molar-refractivity contribution in [2.45, 2.75) is 25.4 Å². The highest BCUT2D eigenvalue weighted by Crippen LogP contribution is 2.27. The number of rotatable bonds is 7. The van der Waals surface area contributed by atoms with Crippen LogP contribution < -0.4 is 15.4 Å². The number of likely N-dealkylation sites (tertiary alicyclic amines) is 1. The fourth-order valence-electron chi connectivity index (χ4n) is 3.40. The number of benzene rings is 1. The van der Waals surface area contributed by atoms with Gasteiger partial charge in [0.2, 0.25) is 0 Å². The molecule has 1 aliphatic rings. The Morgan fingerprint density at radius 3 is 2.71 bits per heavy atom. The van der Waals surface area contributed by atoms with Gasteiger partial charge in [0.1, 0.15) is 12.1 Å². The van der Waals surface area contributed by atoms with E-state index >= 15 is 0 Å². The van der Waals surface area contributed by atoms with Crippen LogP contribution in [0.2, 0.25) is 0 Å². The number of hydrogen-bond acceptors (Lipinski definition) is 5. The zero-order valence-electron chi connectivity index (χ0n) is 16.8. The molecule has 1 unspecified atom stereocenters. The van der Waals surface area contributed by atoms with Gasteiger partial charge in [0.05, 0.1) is 19.7 Å². The van der Waals surface area contributed by atoms with Crippen LogP contribution in [-0.2, 0) is 13.6 Å². The van der Waals surface area contributed by atoms with Crippen LogP contribution in [-0.4, -0.2) is 59.4 Å². The minimum atomic E-state index is 0. The Morgan fingerprint density at radius 1 is 1.29 bits per heavy atom. The van der Waals surface area contributed by atoms with Crippen molar-refractivity contribution in [1.82, 2.24) is 30.3 Å². The zero-order valence-corrected chi connectivity index (χ0v) is 19.1. The number of nitrogens with one attached hydrogen (secondary N) is 2. The Balaban J connectivity index is 0.00000280. The third-order valence-corrected chi connectivity index (χ3v) is 4.97. The first-order chi connectivity index (χ1) is 13.2. The van der Waals surface area contributed by atoms with Crippen LogP contribution in [0.25, 0.3) is 0 Å². The lowest BCUT2D eigenvalue weighted by Gasteiger charge is -2.29. The summed E-state index contributed by atoms with van der Waals surface area (Å²) in [4.78, 5) is 6.86. The topological polar surface area (TPSA) is 79.6 Å². The van der Waals surface area contributed by atoms with Gasteiger partial charge < -0.3 is 19.9 Å². The Labute approximate surface area is 183 Å². The summed E-state index contributed by atoms with van der Waals surface area (Å²) in [5, 5.41) is 14.8. The van der Waals surface area contributed by atoms with E-state index in [9.17, 15) is 0 Å². The number of aliphatic imine (C=N–C) groups is 1. The van der Waals surface area contributed by atoms with Gasteiger partial charge in [0.25, 0.3) is 0 Å². The molecule has 0 aliphatic carbocycles. The van der Waals surface area contributed by atoms with Gasteiger partial charge in [-0.3, -0.25) is 9.89 Å². The molecule has 28 heavy (non-hydrogen) atoms. The maximum atomic E-state index is 5.42. The van der Waals surface area contributed by atoms with Crippen LogP contribution >= 0.6 is 24.0 Å². The van der Waals surface area contributed by atoms with E-state index in [0.29, 0.717) is 6.54 Å². The number of aromatic nitrogens is 3. The molecule has 8 nitrogen and oxygen atoms in total. The highest BCUT2D eigenvalue weighted by molar-refractivity contribution is 14.0. The molecule has 0 radical (unpaired) electrons. The Morgan fingerprint density at radius 2 is 2.07 bits per heavy atom. The van der Waals surface area contributed by atoms with Crippen molar-refractivity contribution in [2.75, 3.05) is 33.8 Å². The first-order valence-corrected chi connectivity index (χ1v) is 9.36. The molecule has 1 saturated heterocycles. The average molecular weight is 499 g/mol. The molecule has 0 amide bonds. The van der Waals surface area contributed by atoms with E-state index < -0.39 is 0 Å². The summed E-state index contributed by atoms with van der Waals surface area (Å²) in [5.41, 5.74) is 1.26. The maximum absolute atomic E-state index is 5.42. The first-order valence-electron chi connectivity index (χ1n) is 9.36. The maximum Gasteiger partial charge on any atom is 0.191 e. The molecule has 1 atom stereocenters. The van der Waals surface area contributed by atoms with Gasteiger partial charge in [-0.2, -0.15) is 0 Å². The minimum absolute atomic E-state index is 0. The molecular formula is C19H30IN7O. The second-order valence-corrected chi connectivity index (χ2v) is 6.70. The zero-order chi connectivity index (χ0) is 19.1. The van der Waals surface area contributed by atoms with Crippen LogP contribution in [0.4, 0.5) is 0 Å². The molecule has 2 aromatic rings. The Hall–Kier alpha value is -1.88. The van der Waals surface area contributed by atoms with Gasteiger partial charge in [-0.1, -0.05) is 12.1 Å². The fraction of sp³-hybridized carbons (Fsp3) is 0.526. The summed E-state index contributed by atoms with van der Waals surface area (Å²) in [5.74, 6) is 2.51. The smallest absolute Gasteiger partial charge is 0.191 e. The second kappa shape index (κ2) is 11.2. The number of ether oxygens (including phenoxy) is 1. The van der Waals surface area contributed by atoms with E-state index in [0.717, 1.165) is 37.2 Å². The average Bonchev–Trinajstić information content (AvgIpc) is 3.37. The molecule has 9 heteroatoms. The molecule has 2 heterocycles. The Kier molecular flexibility index (Phi) is 8.97. The normalized spacial score (nSPS) is 15.8. The lowest BCUT2D eigenvalue weighted by atomic mass is 10.1. The van der Waals surface area contributed by atoms with Crippen LogP contribution in [0.15, 0.2) is 35.6 Å². The van der Waals surface area contributed by atoms with E-state index in [1.165, 1.54) is 18.4 Å². The Bertz CT molecular complexity index is 758. The van der Waals surface area contributed by atoms with Crippen molar-refractivity contribution in [3.8, 4) is 5.75 Å². The van der Waals surface area contributed by atoms with Crippen LogP contribution in [0, 0.1) is 0 Å². The predicted octanol–water partition coefficient (Wildman–Crippen LogP) is 1.94. The number of nitrogens with zero attached hydrogens (tertiary/aromatic N) is 5. The fourth-order valence-corrected chi connectivity index (χ4v) is 3.40. The van der Waals surface area contributed by atoms with Gasteiger partial charge in [0.15, 0.2) is 11.8 Å². The predicted molar refractivity (Wildman–Crippen MR) is 121 cm³/mol. The van der Waals surface area contributed by atoms with E-state index in [2.05, 4.69) is 48.9 Å².